The smallest absolute Gasteiger partial charge is 0.259 e. The number of fused-ring (bicyclic) bond motifs is 1. The molecule has 0 spiro atoms. The van der Waals surface area contributed by atoms with Crippen molar-refractivity contribution < 1.29 is 4.79 Å². The summed E-state index contributed by atoms with van der Waals surface area (Å²) in [7, 11) is 2.03. The number of para-hydroxylation sites is 2. The second-order valence-corrected chi connectivity index (χ2v) is 5.59. The summed E-state index contributed by atoms with van der Waals surface area (Å²) in [4.78, 5) is 11.9. The summed E-state index contributed by atoms with van der Waals surface area (Å²) in [6.07, 6.45) is 1.71. The largest absolute Gasteiger partial charge is 0.376 e. The van der Waals surface area contributed by atoms with Crippen LogP contribution in [0.5, 0.6) is 0 Å². The second kappa shape index (κ2) is 7.00. The van der Waals surface area contributed by atoms with Crippen LogP contribution in [0.15, 0.2) is 59.7 Å². The maximum Gasteiger partial charge on any atom is 0.259 e. The van der Waals surface area contributed by atoms with E-state index in [1.54, 1.807) is 6.21 Å². The Morgan fingerprint density at radius 3 is 2.62 bits per heavy atom. The van der Waals surface area contributed by atoms with Crippen LogP contribution in [0.4, 0.5) is 5.69 Å². The van der Waals surface area contributed by atoms with Gasteiger partial charge >= 0.3 is 0 Å². The Labute approximate surface area is 141 Å². The summed E-state index contributed by atoms with van der Waals surface area (Å²) in [6, 6.07) is 17.7. The van der Waals surface area contributed by atoms with Crippen molar-refractivity contribution in [2.24, 2.45) is 12.1 Å². The van der Waals surface area contributed by atoms with E-state index >= 15 is 0 Å². The summed E-state index contributed by atoms with van der Waals surface area (Å²) in [5.41, 5.74) is 6.74. The van der Waals surface area contributed by atoms with Crippen molar-refractivity contribution >= 4 is 28.7 Å². The van der Waals surface area contributed by atoms with Gasteiger partial charge in [0.1, 0.15) is 0 Å². The van der Waals surface area contributed by atoms with Crippen LogP contribution in [-0.4, -0.2) is 23.2 Å². The molecule has 0 unspecified atom stereocenters. The fraction of sp³-hybridized carbons (Fsp3) is 0.158. The lowest BCUT2D eigenvalue weighted by Crippen LogP contribution is -2.25. The molecule has 0 fully saturated rings. The minimum atomic E-state index is -0.187. The van der Waals surface area contributed by atoms with E-state index in [0.717, 1.165) is 27.8 Å². The first-order valence-corrected chi connectivity index (χ1v) is 7.81. The van der Waals surface area contributed by atoms with Gasteiger partial charge in [-0.15, -0.1) is 0 Å². The second-order valence-electron chi connectivity index (χ2n) is 5.59. The van der Waals surface area contributed by atoms with Crippen LogP contribution in [0.3, 0.4) is 0 Å². The molecule has 2 aromatic carbocycles. The van der Waals surface area contributed by atoms with E-state index in [9.17, 15) is 4.79 Å². The summed E-state index contributed by atoms with van der Waals surface area (Å²) in [6.45, 7) is 2.22. The van der Waals surface area contributed by atoms with E-state index in [0.29, 0.717) is 0 Å². The zero-order valence-electron chi connectivity index (χ0n) is 13.8. The molecule has 0 aliphatic rings. The number of carbonyl (C=O) groups excluding carboxylic acids is 1. The predicted molar refractivity (Wildman–Crippen MR) is 98.3 cm³/mol. The minimum absolute atomic E-state index is 0.176. The van der Waals surface area contributed by atoms with E-state index < -0.39 is 0 Å². The molecule has 3 aromatic rings. The minimum Gasteiger partial charge on any atom is -0.376 e. The SMILES string of the molecule is Cc1c(/C=N\NC(=O)CNc2ccccc2)c2ccccc2n1C. The van der Waals surface area contributed by atoms with Crippen molar-refractivity contribution in [3.8, 4) is 0 Å². The number of nitrogens with zero attached hydrogens (tertiary/aromatic N) is 2. The zero-order valence-corrected chi connectivity index (χ0v) is 13.8. The highest BCUT2D eigenvalue weighted by molar-refractivity contribution is 6.01. The fourth-order valence-electron chi connectivity index (χ4n) is 2.66. The van der Waals surface area contributed by atoms with Crippen LogP contribution < -0.4 is 10.7 Å². The Hall–Kier alpha value is -3.08. The highest BCUT2D eigenvalue weighted by Crippen LogP contribution is 2.22. The molecule has 0 radical (unpaired) electrons. The molecule has 2 N–H and O–H groups in total. The predicted octanol–water partition coefficient (Wildman–Crippen LogP) is 3.05. The average Bonchev–Trinajstić information content (AvgIpc) is 2.86. The number of carbonyl (C=O) groups is 1. The molecule has 3 rings (SSSR count). The van der Waals surface area contributed by atoms with E-state index in [-0.39, 0.29) is 12.5 Å². The quantitative estimate of drug-likeness (QED) is 0.561. The summed E-state index contributed by atoms with van der Waals surface area (Å²) < 4.78 is 2.12. The molecule has 0 aliphatic heterocycles. The van der Waals surface area contributed by atoms with Crippen LogP contribution in [0.25, 0.3) is 10.9 Å². The molecule has 1 aromatic heterocycles. The third-order valence-corrected chi connectivity index (χ3v) is 4.06. The third kappa shape index (κ3) is 3.30. The Morgan fingerprint density at radius 1 is 1.12 bits per heavy atom. The zero-order chi connectivity index (χ0) is 16.9. The monoisotopic (exact) mass is 320 g/mol. The summed E-state index contributed by atoms with van der Waals surface area (Å²) in [5, 5.41) is 8.27. The molecule has 1 heterocycles. The van der Waals surface area contributed by atoms with Crippen LogP contribution in [0, 0.1) is 6.92 Å². The van der Waals surface area contributed by atoms with Crippen LogP contribution in [0.2, 0.25) is 0 Å². The van der Waals surface area contributed by atoms with E-state index in [1.807, 2.05) is 56.4 Å². The number of rotatable bonds is 5. The Balaban J connectivity index is 1.64. The lowest BCUT2D eigenvalue weighted by Gasteiger charge is -2.04. The van der Waals surface area contributed by atoms with E-state index in [1.165, 1.54) is 0 Å². The van der Waals surface area contributed by atoms with Crippen LogP contribution >= 0.6 is 0 Å². The number of aryl methyl sites for hydroxylation is 1. The first kappa shape index (κ1) is 15.8. The van der Waals surface area contributed by atoms with Crippen molar-refractivity contribution in [2.75, 3.05) is 11.9 Å². The Kier molecular flexibility index (Phi) is 4.61. The number of amides is 1. The van der Waals surface area contributed by atoms with Gasteiger partial charge in [-0.05, 0) is 25.1 Å². The first-order valence-electron chi connectivity index (χ1n) is 7.81. The van der Waals surface area contributed by atoms with Crippen molar-refractivity contribution in [3.63, 3.8) is 0 Å². The molecule has 5 heteroatoms. The van der Waals surface area contributed by atoms with E-state index in [4.69, 9.17) is 0 Å². The van der Waals surface area contributed by atoms with Gasteiger partial charge in [-0.25, -0.2) is 5.43 Å². The van der Waals surface area contributed by atoms with Gasteiger partial charge in [0, 0.05) is 34.9 Å². The number of nitrogens with one attached hydrogen (secondary N) is 2. The molecule has 0 atom stereocenters. The van der Waals surface area contributed by atoms with Crippen LogP contribution in [0.1, 0.15) is 11.3 Å². The maximum atomic E-state index is 11.9. The molecule has 0 saturated carbocycles. The number of anilines is 1. The molecule has 0 aliphatic carbocycles. The average molecular weight is 320 g/mol. The lowest BCUT2D eigenvalue weighted by atomic mass is 10.1. The fourth-order valence-corrected chi connectivity index (χ4v) is 2.66. The van der Waals surface area contributed by atoms with Gasteiger partial charge in [0.15, 0.2) is 0 Å². The van der Waals surface area contributed by atoms with E-state index in [2.05, 4.69) is 32.5 Å². The normalized spacial score (nSPS) is 11.1. The molecule has 5 nitrogen and oxygen atoms in total. The number of hydrogen-bond donors (Lipinski definition) is 2. The number of aromatic nitrogens is 1. The molecule has 24 heavy (non-hydrogen) atoms. The number of hydrazone groups is 1. The van der Waals surface area contributed by atoms with Crippen molar-refractivity contribution in [1.82, 2.24) is 9.99 Å². The van der Waals surface area contributed by atoms with Gasteiger partial charge in [-0.2, -0.15) is 5.10 Å². The van der Waals surface area contributed by atoms with Gasteiger partial charge < -0.3 is 9.88 Å². The summed E-state index contributed by atoms with van der Waals surface area (Å²) in [5.74, 6) is -0.187. The molecule has 1 amide bonds. The molecule has 0 bridgehead atoms. The maximum absolute atomic E-state index is 11.9. The third-order valence-electron chi connectivity index (χ3n) is 4.06. The molecular weight excluding hydrogens is 300 g/mol. The van der Waals surface area contributed by atoms with Gasteiger partial charge in [0.25, 0.3) is 5.91 Å². The topological polar surface area (TPSA) is 58.4 Å². The van der Waals surface area contributed by atoms with Crippen molar-refractivity contribution in [1.29, 1.82) is 0 Å². The molecule has 122 valence electrons. The van der Waals surface area contributed by atoms with Crippen LogP contribution in [-0.2, 0) is 11.8 Å². The van der Waals surface area contributed by atoms with Gasteiger partial charge in [-0.3, -0.25) is 4.79 Å². The highest BCUT2D eigenvalue weighted by Gasteiger charge is 2.09. The van der Waals surface area contributed by atoms with Crippen molar-refractivity contribution in [2.45, 2.75) is 6.92 Å². The Morgan fingerprint density at radius 2 is 1.83 bits per heavy atom. The standard InChI is InChI=1S/C19H20N4O/c1-14-17(16-10-6-7-11-18(16)23(14)2)12-21-22-19(24)13-20-15-8-4-3-5-9-15/h3-12,20H,13H2,1-2H3,(H,22,24)/b21-12-. The highest BCUT2D eigenvalue weighted by atomic mass is 16.2. The van der Waals surface area contributed by atoms with Gasteiger partial charge in [-0.1, -0.05) is 36.4 Å². The lowest BCUT2D eigenvalue weighted by molar-refractivity contribution is -0.119. The Bertz CT molecular complexity index is 881. The number of benzene rings is 2. The van der Waals surface area contributed by atoms with Gasteiger partial charge in [0.05, 0.1) is 12.8 Å². The van der Waals surface area contributed by atoms with Gasteiger partial charge in [0.2, 0.25) is 0 Å². The number of hydrogen-bond acceptors (Lipinski definition) is 3. The summed E-state index contributed by atoms with van der Waals surface area (Å²) >= 11 is 0. The van der Waals surface area contributed by atoms with Crippen molar-refractivity contribution in [3.05, 3.63) is 65.9 Å². The first-order chi connectivity index (χ1) is 11.7. The molecule has 0 saturated heterocycles. The molecular formula is C19H20N4O.